The highest BCUT2D eigenvalue weighted by Gasteiger charge is 2.40. The molecule has 12 heteroatoms. The minimum absolute atomic E-state index is 0.0192. The molecular formula is C26H26N6O5S. The summed E-state index contributed by atoms with van der Waals surface area (Å²) < 4.78 is 4.98. The average Bonchev–Trinajstić information content (AvgIpc) is 3.57. The van der Waals surface area contributed by atoms with E-state index in [1.165, 1.54) is 30.6 Å². The first-order chi connectivity index (χ1) is 18.4. The maximum absolute atomic E-state index is 12.9. The molecule has 1 atom stereocenters. The number of carboxylic acids is 1. The van der Waals surface area contributed by atoms with Crippen molar-refractivity contribution in [1.29, 1.82) is 0 Å². The second-order valence-corrected chi connectivity index (χ2v) is 9.90. The number of hydrogen-bond acceptors (Lipinski definition) is 9. The molecule has 2 amide bonds. The summed E-state index contributed by atoms with van der Waals surface area (Å²) in [5.41, 5.74) is 2.13. The number of aliphatic imine (C=N–C) groups is 1. The molecule has 11 nitrogen and oxygen atoms in total. The van der Waals surface area contributed by atoms with E-state index in [1.807, 2.05) is 10.3 Å². The molecule has 5 rings (SSSR count). The van der Waals surface area contributed by atoms with Crippen molar-refractivity contribution in [3.8, 4) is 11.8 Å². The first kappa shape index (κ1) is 25.4. The van der Waals surface area contributed by atoms with Crippen LogP contribution in [-0.4, -0.2) is 108 Å². The molecule has 3 aliphatic heterocycles. The average molecular weight is 535 g/mol. The van der Waals surface area contributed by atoms with E-state index in [0.29, 0.717) is 56.2 Å². The van der Waals surface area contributed by atoms with Gasteiger partial charge in [0.2, 0.25) is 0 Å². The third kappa shape index (κ3) is 5.39. The van der Waals surface area contributed by atoms with Crippen LogP contribution in [0.15, 0.2) is 52.1 Å². The summed E-state index contributed by atoms with van der Waals surface area (Å²) in [5, 5.41) is 14.9. The Labute approximate surface area is 223 Å². The second kappa shape index (κ2) is 11.0. The molecule has 3 aliphatic rings. The topological polar surface area (TPSA) is 128 Å². The first-order valence-electron chi connectivity index (χ1n) is 12.0. The van der Waals surface area contributed by atoms with Crippen LogP contribution in [0.4, 0.5) is 4.79 Å². The van der Waals surface area contributed by atoms with Crippen molar-refractivity contribution < 1.29 is 24.2 Å². The van der Waals surface area contributed by atoms with Crippen molar-refractivity contribution in [1.82, 2.24) is 25.0 Å². The van der Waals surface area contributed by atoms with Gasteiger partial charge in [0.1, 0.15) is 0 Å². The Balaban J connectivity index is 1.21. The highest BCUT2D eigenvalue weighted by atomic mass is 32.1. The van der Waals surface area contributed by atoms with Crippen molar-refractivity contribution >= 4 is 35.1 Å². The summed E-state index contributed by atoms with van der Waals surface area (Å²) in [7, 11) is 1.36. The number of aromatic nitrogens is 1. The van der Waals surface area contributed by atoms with Gasteiger partial charge in [0, 0.05) is 55.6 Å². The molecule has 4 heterocycles. The maximum Gasteiger partial charge on any atom is 0.337 e. The predicted molar refractivity (Wildman–Crippen MR) is 140 cm³/mol. The summed E-state index contributed by atoms with van der Waals surface area (Å²) in [6, 6.07) is 6.32. The van der Waals surface area contributed by atoms with Gasteiger partial charge in [0.15, 0.2) is 10.8 Å². The van der Waals surface area contributed by atoms with E-state index >= 15 is 0 Å². The fourth-order valence-electron chi connectivity index (χ4n) is 4.69. The number of rotatable bonds is 6. The zero-order valence-electron chi connectivity index (χ0n) is 20.7. The summed E-state index contributed by atoms with van der Waals surface area (Å²) >= 11 is 1.47. The number of esters is 1. The van der Waals surface area contributed by atoms with Crippen molar-refractivity contribution in [3.05, 3.63) is 63.2 Å². The number of carbonyl (C=O) groups is 3. The molecule has 38 heavy (non-hydrogen) atoms. The molecule has 0 saturated carbocycles. The van der Waals surface area contributed by atoms with Crippen LogP contribution >= 0.6 is 11.3 Å². The number of fused-ring (bicyclic) bond motifs is 1. The number of urea groups is 1. The lowest BCUT2D eigenvalue weighted by Crippen LogP contribution is -2.53. The summed E-state index contributed by atoms with van der Waals surface area (Å²) in [5.74, 6) is 5.28. The second-order valence-electron chi connectivity index (χ2n) is 9.01. The Morgan fingerprint density at radius 2 is 2.05 bits per heavy atom. The fraction of sp³-hybridized carbons (Fsp3) is 0.346. The highest BCUT2D eigenvalue weighted by molar-refractivity contribution is 7.11. The summed E-state index contributed by atoms with van der Waals surface area (Å²) in [6.45, 7) is 3.48. The quantitative estimate of drug-likeness (QED) is 0.417. The lowest BCUT2D eigenvalue weighted by atomic mass is 10.1. The van der Waals surface area contributed by atoms with Crippen LogP contribution in [0.2, 0.25) is 0 Å². The number of amidine groups is 1. The molecule has 0 radical (unpaired) electrons. The molecule has 196 valence electrons. The van der Waals surface area contributed by atoms with E-state index in [-0.39, 0.29) is 24.2 Å². The zero-order chi connectivity index (χ0) is 26.6. The third-order valence-electron chi connectivity index (χ3n) is 6.63. The molecule has 0 bridgehead atoms. The molecule has 0 unspecified atom stereocenters. The molecule has 2 saturated heterocycles. The Kier molecular flexibility index (Phi) is 7.39. The van der Waals surface area contributed by atoms with Gasteiger partial charge in [-0.25, -0.2) is 19.4 Å². The number of ether oxygens (including phenoxy) is 1. The van der Waals surface area contributed by atoms with Gasteiger partial charge in [-0.1, -0.05) is 11.8 Å². The number of hydrogen-bond donors (Lipinski definition) is 2. The molecule has 2 N–H and O–H groups in total. The number of thiazole rings is 1. The summed E-state index contributed by atoms with van der Waals surface area (Å²) in [6.07, 6.45) is 1.71. The van der Waals surface area contributed by atoms with E-state index in [9.17, 15) is 14.4 Å². The number of carboxylic acid groups (broad SMARTS) is 1. The molecule has 0 aliphatic carbocycles. The van der Waals surface area contributed by atoms with Gasteiger partial charge in [-0.3, -0.25) is 9.89 Å². The monoisotopic (exact) mass is 534 g/mol. The third-order valence-corrected chi connectivity index (χ3v) is 7.41. The van der Waals surface area contributed by atoms with Gasteiger partial charge in [0.25, 0.3) is 0 Å². The lowest BCUT2D eigenvalue weighted by Gasteiger charge is -2.37. The number of amides is 2. The van der Waals surface area contributed by atoms with Gasteiger partial charge in [-0.2, -0.15) is 0 Å². The minimum Gasteiger partial charge on any atom is -0.478 e. The van der Waals surface area contributed by atoms with Crippen molar-refractivity contribution in [3.63, 3.8) is 0 Å². The number of piperazine rings is 1. The van der Waals surface area contributed by atoms with Crippen molar-refractivity contribution in [2.75, 3.05) is 52.9 Å². The number of methoxy groups -OCH3 is 1. The Hall–Kier alpha value is -4.21. The van der Waals surface area contributed by atoms with E-state index in [1.54, 1.807) is 23.2 Å². The predicted octanol–water partition coefficient (Wildman–Crippen LogP) is 1.09. The van der Waals surface area contributed by atoms with E-state index < -0.39 is 11.9 Å². The standard InChI is InChI=1S/C26H26N6O5S/c1-37-25(35)20-13-28-22(23-27-8-12-38-23)29-21(20)16-30-10-11-32-19(14-30)15-31(26(32)36)9-2-3-17-4-6-18(7-5-17)24(33)34/h4-8,12,19H,9-11,13-16H2,1H3,(H,28,29)(H,33,34)/t19-/m0/s1. The van der Waals surface area contributed by atoms with Crippen LogP contribution in [0, 0.1) is 11.8 Å². The van der Waals surface area contributed by atoms with Crippen LogP contribution in [0.1, 0.15) is 20.9 Å². The van der Waals surface area contributed by atoms with E-state index in [2.05, 4.69) is 32.0 Å². The molecule has 2 fully saturated rings. The van der Waals surface area contributed by atoms with E-state index in [0.717, 1.165) is 10.7 Å². The number of nitrogens with zero attached hydrogens (tertiary/aromatic N) is 5. The number of aromatic carboxylic acids is 1. The summed E-state index contributed by atoms with van der Waals surface area (Å²) in [4.78, 5) is 51.0. The highest BCUT2D eigenvalue weighted by Crippen LogP contribution is 2.22. The van der Waals surface area contributed by atoms with Gasteiger partial charge in [-0.05, 0) is 24.3 Å². The zero-order valence-corrected chi connectivity index (χ0v) is 21.5. The van der Waals surface area contributed by atoms with Gasteiger partial charge in [-0.15, -0.1) is 11.3 Å². The van der Waals surface area contributed by atoms with Crippen LogP contribution < -0.4 is 5.32 Å². The SMILES string of the molecule is COC(=O)C1=C(CN2CCN3C(=O)N(CC#Cc4ccc(C(=O)O)cc4)C[C@@H]3C2)NC(c2nccs2)=NC1. The van der Waals surface area contributed by atoms with E-state index in [4.69, 9.17) is 9.84 Å². The Bertz CT molecular complexity index is 1360. The maximum atomic E-state index is 12.9. The number of benzene rings is 1. The van der Waals surface area contributed by atoms with Gasteiger partial charge < -0.3 is 25.0 Å². The lowest BCUT2D eigenvalue weighted by molar-refractivity contribution is -0.136. The number of nitrogens with one attached hydrogen (secondary N) is 1. The Morgan fingerprint density at radius 3 is 2.76 bits per heavy atom. The number of carbonyl (C=O) groups excluding carboxylic acids is 2. The van der Waals surface area contributed by atoms with Crippen LogP contribution in [0.25, 0.3) is 0 Å². The molecule has 1 aromatic carbocycles. The molecule has 2 aromatic rings. The van der Waals surface area contributed by atoms with Crippen LogP contribution in [0.5, 0.6) is 0 Å². The molecule has 1 aromatic heterocycles. The molecular weight excluding hydrogens is 508 g/mol. The first-order valence-corrected chi connectivity index (χ1v) is 12.9. The minimum atomic E-state index is -0.983. The molecule has 0 spiro atoms. The smallest absolute Gasteiger partial charge is 0.337 e. The van der Waals surface area contributed by atoms with Crippen molar-refractivity contribution in [2.24, 2.45) is 4.99 Å². The van der Waals surface area contributed by atoms with Crippen LogP contribution in [0.3, 0.4) is 0 Å². The normalized spacial score (nSPS) is 19.3. The fourth-order valence-corrected chi connectivity index (χ4v) is 5.29. The van der Waals surface area contributed by atoms with Gasteiger partial charge >= 0.3 is 18.0 Å². The van der Waals surface area contributed by atoms with Gasteiger partial charge in [0.05, 0.1) is 37.4 Å². The van der Waals surface area contributed by atoms with Crippen LogP contribution in [-0.2, 0) is 9.53 Å². The van der Waals surface area contributed by atoms with Crippen molar-refractivity contribution in [2.45, 2.75) is 6.04 Å². The largest absolute Gasteiger partial charge is 0.478 e. The Morgan fingerprint density at radius 1 is 1.24 bits per heavy atom.